The van der Waals surface area contributed by atoms with Crippen LogP contribution in [0.5, 0.6) is 0 Å². The van der Waals surface area contributed by atoms with Gasteiger partial charge in [0.05, 0.1) is 10.4 Å². The molecule has 0 amide bonds. The van der Waals surface area contributed by atoms with E-state index < -0.39 is 10.0 Å². The zero-order valence-electron chi connectivity index (χ0n) is 11.5. The zero-order valence-corrected chi connectivity index (χ0v) is 13.0. The van der Waals surface area contributed by atoms with E-state index in [0.717, 1.165) is 0 Å². The van der Waals surface area contributed by atoms with Crippen molar-refractivity contribution in [2.24, 2.45) is 0 Å². The second-order valence-corrected chi connectivity index (χ2v) is 6.87. The lowest BCUT2D eigenvalue weighted by Crippen LogP contribution is -2.16. The Balaban J connectivity index is 2.34. The molecule has 0 atom stereocenters. The number of hydrogen-bond acceptors (Lipinski definition) is 4. The van der Waals surface area contributed by atoms with Crippen LogP contribution in [0.15, 0.2) is 53.6 Å². The van der Waals surface area contributed by atoms with Gasteiger partial charge in [-0.1, -0.05) is 29.8 Å². The van der Waals surface area contributed by atoms with Crippen LogP contribution in [0.3, 0.4) is 0 Å². The summed E-state index contributed by atoms with van der Waals surface area (Å²) in [4.78, 5) is 4.15. The van der Waals surface area contributed by atoms with E-state index in [1.807, 2.05) is 0 Å². The first-order valence-electron chi connectivity index (χ1n) is 6.62. The predicted octanol–water partition coefficient (Wildman–Crippen LogP) is 2.46. The van der Waals surface area contributed by atoms with Crippen LogP contribution in [0.1, 0.15) is 5.69 Å². The summed E-state index contributed by atoms with van der Waals surface area (Å²) in [6.07, 6.45) is 1.67. The minimum atomic E-state index is -3.77. The second kappa shape index (κ2) is 5.72. The number of benzene rings is 1. The molecule has 3 aromatic rings. The van der Waals surface area contributed by atoms with Gasteiger partial charge in [-0.15, -0.1) is 0 Å². The number of aliphatic hydroxyl groups excluding tert-OH is 1. The SMILES string of the molecule is O=S(=O)(c1ccccc1)n1c(CCO)cc2c(Cl)nccc21. The normalized spacial score (nSPS) is 11.9. The Labute approximate surface area is 132 Å². The molecule has 22 heavy (non-hydrogen) atoms. The van der Waals surface area contributed by atoms with E-state index in [1.54, 1.807) is 30.3 Å². The molecule has 0 unspecified atom stereocenters. The number of halogens is 1. The molecule has 3 rings (SSSR count). The molecule has 0 bridgehead atoms. The van der Waals surface area contributed by atoms with Crippen molar-refractivity contribution in [1.29, 1.82) is 0 Å². The number of pyridine rings is 1. The third-order valence-corrected chi connectivity index (χ3v) is 5.44. The molecular formula is C15H13ClN2O3S. The number of aromatic nitrogens is 2. The number of aliphatic hydroxyl groups is 1. The van der Waals surface area contributed by atoms with Crippen LogP contribution in [0.4, 0.5) is 0 Å². The highest BCUT2D eigenvalue weighted by molar-refractivity contribution is 7.90. The van der Waals surface area contributed by atoms with Crippen LogP contribution in [0.2, 0.25) is 5.15 Å². The molecule has 0 fully saturated rings. The van der Waals surface area contributed by atoms with E-state index in [9.17, 15) is 13.5 Å². The van der Waals surface area contributed by atoms with Gasteiger partial charge < -0.3 is 5.11 Å². The molecule has 7 heteroatoms. The van der Waals surface area contributed by atoms with Crippen molar-refractivity contribution in [3.8, 4) is 0 Å². The van der Waals surface area contributed by atoms with Gasteiger partial charge in [0.2, 0.25) is 0 Å². The molecule has 0 radical (unpaired) electrons. The first kappa shape index (κ1) is 15.0. The van der Waals surface area contributed by atoms with Gasteiger partial charge in [-0.3, -0.25) is 0 Å². The summed E-state index contributed by atoms with van der Waals surface area (Å²) in [5, 5.41) is 10.0. The fraction of sp³-hybridized carbons (Fsp3) is 0.133. The van der Waals surface area contributed by atoms with Gasteiger partial charge in [0, 0.05) is 30.3 Å². The van der Waals surface area contributed by atoms with Crippen LogP contribution in [-0.4, -0.2) is 29.1 Å². The Bertz CT molecular complexity index is 921. The van der Waals surface area contributed by atoms with Crippen LogP contribution in [0.25, 0.3) is 10.9 Å². The summed E-state index contributed by atoms with van der Waals surface area (Å²) >= 11 is 6.06. The summed E-state index contributed by atoms with van der Waals surface area (Å²) in [6, 6.07) is 11.4. The predicted molar refractivity (Wildman–Crippen MR) is 84.6 cm³/mol. The van der Waals surface area contributed by atoms with Crippen LogP contribution < -0.4 is 0 Å². The number of nitrogens with zero attached hydrogens (tertiary/aromatic N) is 2. The van der Waals surface area contributed by atoms with Crippen LogP contribution >= 0.6 is 11.6 Å². The number of rotatable bonds is 4. The third kappa shape index (κ3) is 2.39. The average Bonchev–Trinajstić information content (AvgIpc) is 2.89. The fourth-order valence-electron chi connectivity index (χ4n) is 2.40. The lowest BCUT2D eigenvalue weighted by molar-refractivity contribution is 0.298. The standard InChI is InChI=1S/C15H13ClN2O3S/c16-15-13-10-11(7-9-19)18(14(13)6-8-17-15)22(20,21)12-4-2-1-3-5-12/h1-6,8,10,19H,7,9H2. The topological polar surface area (TPSA) is 72.2 Å². The maximum Gasteiger partial charge on any atom is 0.268 e. The van der Waals surface area contributed by atoms with Gasteiger partial charge in [-0.2, -0.15) is 0 Å². The van der Waals surface area contributed by atoms with E-state index in [4.69, 9.17) is 11.6 Å². The first-order chi connectivity index (χ1) is 10.6. The molecule has 1 aromatic carbocycles. The molecular weight excluding hydrogens is 324 g/mol. The van der Waals surface area contributed by atoms with Gasteiger partial charge in [0.1, 0.15) is 5.15 Å². The van der Waals surface area contributed by atoms with Gasteiger partial charge in [-0.25, -0.2) is 17.4 Å². The van der Waals surface area contributed by atoms with Crippen LogP contribution in [0, 0.1) is 0 Å². The molecule has 1 N–H and O–H groups in total. The summed E-state index contributed by atoms with van der Waals surface area (Å²) in [5.41, 5.74) is 0.920. The molecule has 0 spiro atoms. The molecule has 2 heterocycles. The Hall–Kier alpha value is -1.89. The van der Waals surface area contributed by atoms with E-state index in [0.29, 0.717) is 16.6 Å². The summed E-state index contributed by atoms with van der Waals surface area (Å²) < 4.78 is 27.1. The van der Waals surface area contributed by atoms with Crippen molar-refractivity contribution in [1.82, 2.24) is 8.96 Å². The lowest BCUT2D eigenvalue weighted by atomic mass is 10.3. The lowest BCUT2D eigenvalue weighted by Gasteiger charge is -2.11. The summed E-state index contributed by atoms with van der Waals surface area (Å²) in [5.74, 6) is 0. The van der Waals surface area contributed by atoms with E-state index in [1.165, 1.54) is 22.3 Å². The molecule has 0 aliphatic carbocycles. The minimum absolute atomic E-state index is 0.161. The minimum Gasteiger partial charge on any atom is -0.396 e. The van der Waals surface area contributed by atoms with Crippen molar-refractivity contribution < 1.29 is 13.5 Å². The molecule has 2 aromatic heterocycles. The van der Waals surface area contributed by atoms with E-state index in [-0.39, 0.29) is 23.1 Å². The van der Waals surface area contributed by atoms with Crippen LogP contribution in [-0.2, 0) is 16.4 Å². The number of hydrogen-bond donors (Lipinski definition) is 1. The average molecular weight is 337 g/mol. The highest BCUT2D eigenvalue weighted by Gasteiger charge is 2.23. The third-order valence-electron chi connectivity index (χ3n) is 3.36. The van der Waals surface area contributed by atoms with E-state index in [2.05, 4.69) is 4.98 Å². The Morgan fingerprint density at radius 1 is 1.18 bits per heavy atom. The van der Waals surface area contributed by atoms with Gasteiger partial charge in [-0.05, 0) is 24.3 Å². The molecule has 114 valence electrons. The highest BCUT2D eigenvalue weighted by atomic mass is 35.5. The quantitative estimate of drug-likeness (QED) is 0.743. The van der Waals surface area contributed by atoms with Crippen molar-refractivity contribution in [2.75, 3.05) is 6.61 Å². The fourth-order valence-corrected chi connectivity index (χ4v) is 4.19. The molecule has 0 saturated carbocycles. The van der Waals surface area contributed by atoms with Crippen molar-refractivity contribution >= 4 is 32.5 Å². The maximum atomic E-state index is 12.9. The number of fused-ring (bicyclic) bond motifs is 1. The smallest absolute Gasteiger partial charge is 0.268 e. The van der Waals surface area contributed by atoms with Crippen molar-refractivity contribution in [2.45, 2.75) is 11.3 Å². The van der Waals surface area contributed by atoms with Crippen molar-refractivity contribution in [3.63, 3.8) is 0 Å². The first-order valence-corrected chi connectivity index (χ1v) is 8.44. The van der Waals surface area contributed by atoms with E-state index >= 15 is 0 Å². The van der Waals surface area contributed by atoms with Gasteiger partial charge in [0.15, 0.2) is 0 Å². The summed E-state index contributed by atoms with van der Waals surface area (Å²) in [7, 11) is -3.77. The molecule has 0 aliphatic heterocycles. The second-order valence-electron chi connectivity index (χ2n) is 4.73. The van der Waals surface area contributed by atoms with Gasteiger partial charge in [0.25, 0.3) is 10.0 Å². The Morgan fingerprint density at radius 2 is 1.91 bits per heavy atom. The monoisotopic (exact) mass is 336 g/mol. The molecule has 5 nitrogen and oxygen atoms in total. The summed E-state index contributed by atoms with van der Waals surface area (Å²) in [6.45, 7) is -0.161. The maximum absolute atomic E-state index is 12.9. The zero-order chi connectivity index (χ0) is 15.7. The molecule has 0 saturated heterocycles. The van der Waals surface area contributed by atoms with Gasteiger partial charge >= 0.3 is 0 Å². The Morgan fingerprint density at radius 3 is 2.59 bits per heavy atom. The van der Waals surface area contributed by atoms with Crippen molar-refractivity contribution in [3.05, 3.63) is 59.5 Å². The largest absolute Gasteiger partial charge is 0.396 e. The Kier molecular flexibility index (Phi) is 3.90. The highest BCUT2D eigenvalue weighted by Crippen LogP contribution is 2.29. The molecule has 0 aliphatic rings.